The predicted octanol–water partition coefficient (Wildman–Crippen LogP) is 2.13. The molecule has 2 aromatic rings. The Morgan fingerprint density at radius 3 is 2.88 bits per heavy atom. The maximum Gasteiger partial charge on any atom is 0.230 e. The van der Waals surface area contributed by atoms with Crippen LogP contribution in [0.1, 0.15) is 11.3 Å². The van der Waals surface area contributed by atoms with E-state index < -0.39 is 0 Å². The Morgan fingerprint density at radius 2 is 2.00 bits per heavy atom. The molecule has 0 atom stereocenters. The summed E-state index contributed by atoms with van der Waals surface area (Å²) < 4.78 is 0. The number of fused-ring (bicyclic) bond motifs is 3. The minimum absolute atomic E-state index is 0.241. The molecule has 0 saturated heterocycles. The lowest BCUT2D eigenvalue weighted by atomic mass is 9.89. The highest BCUT2D eigenvalue weighted by Crippen LogP contribution is 2.32. The van der Waals surface area contributed by atoms with Crippen LogP contribution >= 0.6 is 11.6 Å². The van der Waals surface area contributed by atoms with Crippen molar-refractivity contribution in [3.8, 4) is 11.1 Å². The standard InChI is InChI=1S/C12H9ClN2O/c13-12-7-10-9-4-2-1-3-8(9)5-6-11(10)15(16)14-12/h1-4,7H,5-6H2. The van der Waals surface area contributed by atoms with Gasteiger partial charge in [-0.1, -0.05) is 40.7 Å². The normalized spacial score (nSPS) is 13.1. The van der Waals surface area contributed by atoms with Gasteiger partial charge in [0.15, 0.2) is 5.15 Å². The third-order valence-corrected chi connectivity index (χ3v) is 3.11. The van der Waals surface area contributed by atoms with Crippen LogP contribution in [-0.2, 0) is 12.8 Å². The van der Waals surface area contributed by atoms with Gasteiger partial charge in [0, 0.05) is 11.5 Å². The Labute approximate surface area is 97.9 Å². The highest BCUT2D eigenvalue weighted by Gasteiger charge is 2.23. The van der Waals surface area contributed by atoms with E-state index in [1.54, 1.807) is 6.07 Å². The van der Waals surface area contributed by atoms with Crippen molar-refractivity contribution in [3.63, 3.8) is 0 Å². The molecule has 1 aromatic heterocycles. The van der Waals surface area contributed by atoms with Crippen LogP contribution < -0.4 is 4.85 Å². The van der Waals surface area contributed by atoms with E-state index in [1.807, 2.05) is 18.2 Å². The van der Waals surface area contributed by atoms with Gasteiger partial charge in [-0.2, -0.15) is 0 Å². The number of aromatic nitrogens is 2. The average Bonchev–Trinajstić information content (AvgIpc) is 2.28. The van der Waals surface area contributed by atoms with Crippen LogP contribution in [0.3, 0.4) is 0 Å². The van der Waals surface area contributed by atoms with Crippen LogP contribution in [0.25, 0.3) is 11.1 Å². The average molecular weight is 233 g/mol. The van der Waals surface area contributed by atoms with Gasteiger partial charge in [0.25, 0.3) is 0 Å². The molecule has 0 saturated carbocycles. The lowest BCUT2D eigenvalue weighted by Gasteiger charge is -2.17. The monoisotopic (exact) mass is 232 g/mol. The summed E-state index contributed by atoms with van der Waals surface area (Å²) in [6.45, 7) is 0. The van der Waals surface area contributed by atoms with Crippen molar-refractivity contribution in [2.24, 2.45) is 0 Å². The van der Waals surface area contributed by atoms with E-state index in [2.05, 4.69) is 11.2 Å². The molecule has 0 aliphatic heterocycles. The highest BCUT2D eigenvalue weighted by molar-refractivity contribution is 6.29. The molecule has 0 bridgehead atoms. The molecule has 1 aromatic carbocycles. The highest BCUT2D eigenvalue weighted by atomic mass is 35.5. The van der Waals surface area contributed by atoms with E-state index in [4.69, 9.17) is 11.6 Å². The van der Waals surface area contributed by atoms with Gasteiger partial charge in [-0.05, 0) is 23.6 Å². The second-order valence-corrected chi connectivity index (χ2v) is 4.24. The van der Waals surface area contributed by atoms with Gasteiger partial charge in [-0.3, -0.25) is 0 Å². The number of halogens is 1. The molecule has 0 radical (unpaired) electrons. The maximum absolute atomic E-state index is 11.6. The molecule has 3 nitrogen and oxygen atoms in total. The summed E-state index contributed by atoms with van der Waals surface area (Å²) in [5, 5.41) is 15.5. The fraction of sp³-hybridized carbons (Fsp3) is 0.167. The molecule has 0 fully saturated rings. The van der Waals surface area contributed by atoms with E-state index in [1.165, 1.54) is 5.56 Å². The molecule has 80 valence electrons. The lowest BCUT2D eigenvalue weighted by molar-refractivity contribution is -0.676. The van der Waals surface area contributed by atoms with Gasteiger partial charge in [0.05, 0.1) is 5.56 Å². The molecular formula is C12H9ClN2O. The number of benzene rings is 1. The zero-order valence-electron chi connectivity index (χ0n) is 8.48. The van der Waals surface area contributed by atoms with Crippen molar-refractivity contribution in [2.75, 3.05) is 0 Å². The Bertz CT molecular complexity index is 569. The molecular weight excluding hydrogens is 224 g/mol. The molecule has 0 N–H and O–H groups in total. The lowest BCUT2D eigenvalue weighted by Crippen LogP contribution is -2.38. The summed E-state index contributed by atoms with van der Waals surface area (Å²) in [5.41, 5.74) is 3.98. The minimum Gasteiger partial charge on any atom is -0.594 e. The Balaban J connectivity index is 2.31. The summed E-state index contributed by atoms with van der Waals surface area (Å²) in [7, 11) is 0. The van der Waals surface area contributed by atoms with Gasteiger partial charge in [0.2, 0.25) is 5.69 Å². The molecule has 0 unspecified atom stereocenters. The van der Waals surface area contributed by atoms with Gasteiger partial charge >= 0.3 is 0 Å². The fourth-order valence-corrected chi connectivity index (χ4v) is 2.38. The third-order valence-electron chi connectivity index (χ3n) is 2.93. The molecule has 1 aliphatic rings. The number of hydrogen-bond donors (Lipinski definition) is 0. The van der Waals surface area contributed by atoms with Gasteiger partial charge in [-0.15, -0.1) is 0 Å². The Hall–Kier alpha value is -1.61. The van der Waals surface area contributed by atoms with Crippen molar-refractivity contribution in [1.29, 1.82) is 0 Å². The minimum atomic E-state index is 0.241. The topological polar surface area (TPSA) is 39.8 Å². The first-order valence-electron chi connectivity index (χ1n) is 5.13. The van der Waals surface area contributed by atoms with Crippen molar-refractivity contribution in [3.05, 3.63) is 51.9 Å². The second-order valence-electron chi connectivity index (χ2n) is 3.86. The predicted molar refractivity (Wildman–Crippen MR) is 61.1 cm³/mol. The summed E-state index contributed by atoms with van der Waals surface area (Å²) in [6.07, 6.45) is 1.61. The molecule has 0 spiro atoms. The first-order chi connectivity index (χ1) is 7.75. The van der Waals surface area contributed by atoms with Crippen molar-refractivity contribution < 1.29 is 4.85 Å². The molecule has 0 amide bonds. The van der Waals surface area contributed by atoms with Crippen LogP contribution in [0, 0.1) is 5.21 Å². The van der Waals surface area contributed by atoms with Crippen LogP contribution in [0.2, 0.25) is 5.15 Å². The second kappa shape index (κ2) is 3.46. The van der Waals surface area contributed by atoms with E-state index in [0.717, 1.165) is 24.0 Å². The maximum atomic E-state index is 11.6. The fourth-order valence-electron chi connectivity index (χ4n) is 2.20. The summed E-state index contributed by atoms with van der Waals surface area (Å²) >= 11 is 5.82. The summed E-state index contributed by atoms with van der Waals surface area (Å²) in [6, 6.07) is 9.85. The van der Waals surface area contributed by atoms with E-state index >= 15 is 0 Å². The van der Waals surface area contributed by atoms with Crippen molar-refractivity contribution >= 4 is 11.6 Å². The quantitative estimate of drug-likeness (QED) is 0.516. The Morgan fingerprint density at radius 1 is 1.19 bits per heavy atom. The first kappa shape index (κ1) is 9.60. The number of rotatable bonds is 0. The SMILES string of the molecule is [O-][n+]1nc(Cl)cc2c1CCc1ccccc1-2. The third kappa shape index (κ3) is 1.36. The van der Waals surface area contributed by atoms with E-state index in [9.17, 15) is 5.21 Å². The number of nitrogens with zero attached hydrogens (tertiary/aromatic N) is 2. The van der Waals surface area contributed by atoms with Crippen LogP contribution in [0.4, 0.5) is 0 Å². The van der Waals surface area contributed by atoms with Gasteiger partial charge in [-0.25, -0.2) is 0 Å². The molecule has 1 heterocycles. The molecule has 4 heteroatoms. The van der Waals surface area contributed by atoms with Gasteiger partial charge in [0.1, 0.15) is 0 Å². The molecule has 16 heavy (non-hydrogen) atoms. The van der Waals surface area contributed by atoms with Crippen LogP contribution in [-0.4, -0.2) is 5.10 Å². The smallest absolute Gasteiger partial charge is 0.230 e. The molecule has 3 rings (SSSR count). The van der Waals surface area contributed by atoms with E-state index in [0.29, 0.717) is 10.5 Å². The zero-order valence-corrected chi connectivity index (χ0v) is 9.24. The van der Waals surface area contributed by atoms with Crippen LogP contribution in [0.15, 0.2) is 30.3 Å². The number of hydrogen-bond acceptors (Lipinski definition) is 2. The first-order valence-corrected chi connectivity index (χ1v) is 5.51. The zero-order chi connectivity index (χ0) is 11.1. The van der Waals surface area contributed by atoms with Crippen LogP contribution in [0.5, 0.6) is 0 Å². The van der Waals surface area contributed by atoms with Gasteiger partial charge < -0.3 is 5.21 Å². The summed E-state index contributed by atoms with van der Waals surface area (Å²) in [5.74, 6) is 0. The summed E-state index contributed by atoms with van der Waals surface area (Å²) in [4.78, 5) is 0.646. The van der Waals surface area contributed by atoms with Crippen molar-refractivity contribution in [1.82, 2.24) is 5.10 Å². The largest absolute Gasteiger partial charge is 0.594 e. The van der Waals surface area contributed by atoms with Crippen molar-refractivity contribution in [2.45, 2.75) is 12.8 Å². The van der Waals surface area contributed by atoms with E-state index in [-0.39, 0.29) is 5.15 Å². The molecule has 1 aliphatic carbocycles. The number of aryl methyl sites for hydroxylation is 1. The Kier molecular flexibility index (Phi) is 2.07.